The van der Waals surface area contributed by atoms with Crippen molar-refractivity contribution >= 4 is 41.5 Å². The number of carbonyl (C=O) groups is 5. The number of ether oxygens (including phenoxy) is 1. The van der Waals surface area contributed by atoms with Gasteiger partial charge in [-0.25, -0.2) is 4.79 Å². The molecule has 1 rings (SSSR count). The fraction of sp³-hybridized carbons (Fsp3) is 0.711. The van der Waals surface area contributed by atoms with Crippen molar-refractivity contribution in [3.05, 3.63) is 35.9 Å². The van der Waals surface area contributed by atoms with Gasteiger partial charge in [0.2, 0.25) is 23.6 Å². The summed E-state index contributed by atoms with van der Waals surface area (Å²) < 4.78 is 5.38. The van der Waals surface area contributed by atoms with Crippen molar-refractivity contribution in [2.24, 2.45) is 23.7 Å². The van der Waals surface area contributed by atoms with Gasteiger partial charge in [0.05, 0.1) is 12.1 Å². The highest BCUT2D eigenvalue weighted by molar-refractivity contribution is 7.98. The SMILES string of the molecule is CC[C@H](C)[C@H](NC(=O)OC(C)(C)C)C(=O)N[C@@H](CCSC)C(=O)N[C@@H](CC(C)C)[C@@H](O)C[C@@H](C)C(=O)N[C@H](C(=O)NCc1ccccc1)C(C)C. The first-order valence-corrected chi connectivity index (χ1v) is 19.6. The molecule has 0 saturated carbocycles. The second-order valence-electron chi connectivity index (χ2n) is 15.2. The normalized spacial score (nSPS) is 15.8. The van der Waals surface area contributed by atoms with E-state index in [0.717, 1.165) is 5.56 Å². The molecule has 0 unspecified atom stereocenters. The lowest BCUT2D eigenvalue weighted by Crippen LogP contribution is -2.58. The van der Waals surface area contributed by atoms with Crippen LogP contribution in [0.4, 0.5) is 4.79 Å². The maximum atomic E-state index is 13.7. The summed E-state index contributed by atoms with van der Waals surface area (Å²) in [5.41, 5.74) is 0.191. The van der Waals surface area contributed by atoms with Crippen LogP contribution < -0.4 is 26.6 Å². The molecule has 0 aromatic heterocycles. The van der Waals surface area contributed by atoms with E-state index in [0.29, 0.717) is 31.6 Å². The standard InChI is InChI=1S/C38H65N5O7S/c1-12-25(6)32(43-37(49)50-38(8,9)10)36(48)40-28(18-19-51-11)34(46)41-29(20-23(2)3)30(44)21-26(7)33(45)42-31(24(4)5)35(47)39-22-27-16-14-13-15-17-27/h13-17,23-26,28-32,44H,12,18-22H2,1-11H3,(H,39,47)(H,40,48)(H,41,46)(H,42,45)(H,43,49)/t25-,26+,28-,29-,30-,31-,32-/m0/s1. The molecular weight excluding hydrogens is 671 g/mol. The predicted molar refractivity (Wildman–Crippen MR) is 204 cm³/mol. The maximum Gasteiger partial charge on any atom is 0.408 e. The molecule has 290 valence electrons. The summed E-state index contributed by atoms with van der Waals surface area (Å²) in [4.78, 5) is 66.2. The molecule has 0 spiro atoms. The highest BCUT2D eigenvalue weighted by Gasteiger charge is 2.34. The summed E-state index contributed by atoms with van der Waals surface area (Å²) in [5.74, 6) is -2.05. The van der Waals surface area contributed by atoms with Crippen molar-refractivity contribution in [1.82, 2.24) is 26.6 Å². The molecule has 1 aromatic rings. The van der Waals surface area contributed by atoms with Gasteiger partial charge >= 0.3 is 6.09 Å². The third kappa shape index (κ3) is 17.6. The number of nitrogens with one attached hydrogen (secondary N) is 5. The number of hydrogen-bond donors (Lipinski definition) is 6. The van der Waals surface area contributed by atoms with Crippen LogP contribution in [0.5, 0.6) is 0 Å². The first kappa shape index (κ1) is 45.7. The van der Waals surface area contributed by atoms with E-state index in [1.807, 2.05) is 78.1 Å². The Bertz CT molecular complexity index is 1240. The Balaban J connectivity index is 3.04. The molecular formula is C38H65N5O7S. The van der Waals surface area contributed by atoms with E-state index in [2.05, 4.69) is 26.6 Å². The number of benzene rings is 1. The van der Waals surface area contributed by atoms with Crippen molar-refractivity contribution in [1.29, 1.82) is 0 Å². The molecule has 13 heteroatoms. The molecule has 0 fully saturated rings. The van der Waals surface area contributed by atoms with Crippen molar-refractivity contribution in [3.63, 3.8) is 0 Å². The summed E-state index contributed by atoms with van der Waals surface area (Å²) in [6, 6.07) is 6.16. The van der Waals surface area contributed by atoms with Gasteiger partial charge in [0.15, 0.2) is 0 Å². The predicted octanol–water partition coefficient (Wildman–Crippen LogP) is 4.54. The van der Waals surface area contributed by atoms with E-state index in [-0.39, 0.29) is 36.0 Å². The van der Waals surface area contributed by atoms with E-state index in [1.54, 1.807) is 27.7 Å². The number of aliphatic hydroxyl groups is 1. The quantitative estimate of drug-likeness (QED) is 0.107. The van der Waals surface area contributed by atoms with Gasteiger partial charge in [0.25, 0.3) is 0 Å². The molecule has 0 bridgehead atoms. The highest BCUT2D eigenvalue weighted by Crippen LogP contribution is 2.18. The summed E-state index contributed by atoms with van der Waals surface area (Å²) >= 11 is 1.53. The average molecular weight is 736 g/mol. The second-order valence-corrected chi connectivity index (χ2v) is 16.2. The Morgan fingerprint density at radius 3 is 1.96 bits per heavy atom. The zero-order valence-corrected chi connectivity index (χ0v) is 33.4. The molecule has 0 aliphatic carbocycles. The molecule has 7 atom stereocenters. The fourth-order valence-corrected chi connectivity index (χ4v) is 5.84. The highest BCUT2D eigenvalue weighted by atomic mass is 32.2. The largest absolute Gasteiger partial charge is 0.444 e. The van der Waals surface area contributed by atoms with Gasteiger partial charge in [-0.1, -0.05) is 85.2 Å². The lowest BCUT2D eigenvalue weighted by Gasteiger charge is -2.31. The third-order valence-electron chi connectivity index (χ3n) is 8.53. The molecule has 0 aliphatic rings. The molecule has 1 aromatic carbocycles. The van der Waals surface area contributed by atoms with Gasteiger partial charge in [0, 0.05) is 12.5 Å². The van der Waals surface area contributed by atoms with Gasteiger partial charge in [-0.05, 0) is 75.4 Å². The molecule has 0 saturated heterocycles. The first-order valence-electron chi connectivity index (χ1n) is 18.2. The van der Waals surface area contributed by atoms with Crippen LogP contribution in [-0.4, -0.2) is 82.7 Å². The number of carbonyl (C=O) groups excluding carboxylic acids is 5. The molecule has 0 aliphatic heterocycles. The van der Waals surface area contributed by atoms with Crippen molar-refractivity contribution < 1.29 is 33.8 Å². The fourth-order valence-electron chi connectivity index (χ4n) is 5.36. The van der Waals surface area contributed by atoms with Gasteiger partial charge in [-0.2, -0.15) is 11.8 Å². The van der Waals surface area contributed by atoms with Crippen LogP contribution in [0.15, 0.2) is 30.3 Å². The summed E-state index contributed by atoms with van der Waals surface area (Å²) in [5, 5.41) is 25.6. The Labute approximate surface area is 310 Å². The minimum Gasteiger partial charge on any atom is -0.444 e. The number of amides is 5. The first-order chi connectivity index (χ1) is 23.8. The Morgan fingerprint density at radius 1 is 0.804 bits per heavy atom. The van der Waals surface area contributed by atoms with Crippen LogP contribution in [0, 0.1) is 23.7 Å². The van der Waals surface area contributed by atoms with E-state index in [9.17, 15) is 29.1 Å². The van der Waals surface area contributed by atoms with Crippen LogP contribution in [0.1, 0.15) is 100 Å². The molecule has 12 nitrogen and oxygen atoms in total. The van der Waals surface area contributed by atoms with E-state index in [4.69, 9.17) is 4.74 Å². The monoisotopic (exact) mass is 735 g/mol. The second kappa shape index (κ2) is 22.6. The van der Waals surface area contributed by atoms with Gasteiger partial charge < -0.3 is 36.4 Å². The lowest BCUT2D eigenvalue weighted by molar-refractivity contribution is -0.133. The van der Waals surface area contributed by atoms with Crippen molar-refractivity contribution in [2.75, 3.05) is 12.0 Å². The third-order valence-corrected chi connectivity index (χ3v) is 9.17. The van der Waals surface area contributed by atoms with Gasteiger partial charge in [-0.15, -0.1) is 0 Å². The van der Waals surface area contributed by atoms with Crippen LogP contribution in [-0.2, 0) is 30.5 Å². The molecule has 6 N–H and O–H groups in total. The topological polar surface area (TPSA) is 175 Å². The van der Waals surface area contributed by atoms with E-state index >= 15 is 0 Å². The number of rotatable bonds is 21. The van der Waals surface area contributed by atoms with Gasteiger partial charge in [0.1, 0.15) is 23.7 Å². The molecule has 0 radical (unpaired) electrons. The van der Waals surface area contributed by atoms with E-state index < -0.39 is 59.7 Å². The van der Waals surface area contributed by atoms with Crippen LogP contribution in [0.2, 0.25) is 0 Å². The average Bonchev–Trinajstić information content (AvgIpc) is 3.05. The zero-order valence-electron chi connectivity index (χ0n) is 32.6. The smallest absolute Gasteiger partial charge is 0.408 e. The minimum atomic E-state index is -1.08. The molecule has 5 amide bonds. The lowest BCUT2D eigenvalue weighted by atomic mass is 9.91. The Hall–Kier alpha value is -3.32. The number of alkyl carbamates (subject to hydrolysis) is 1. The van der Waals surface area contributed by atoms with Crippen LogP contribution in [0.25, 0.3) is 0 Å². The van der Waals surface area contributed by atoms with Crippen LogP contribution >= 0.6 is 11.8 Å². The number of thioether (sulfide) groups is 1. The maximum absolute atomic E-state index is 13.7. The summed E-state index contributed by atoms with van der Waals surface area (Å²) in [6.45, 7) is 18.6. The Kier molecular flexibility index (Phi) is 20.2. The molecule has 0 heterocycles. The zero-order chi connectivity index (χ0) is 38.9. The number of hydrogen-bond acceptors (Lipinski definition) is 8. The summed E-state index contributed by atoms with van der Waals surface area (Å²) in [6.07, 6.45) is 1.48. The van der Waals surface area contributed by atoms with Crippen molar-refractivity contribution in [3.8, 4) is 0 Å². The minimum absolute atomic E-state index is 0.0394. The van der Waals surface area contributed by atoms with Crippen LogP contribution in [0.3, 0.4) is 0 Å². The molecule has 51 heavy (non-hydrogen) atoms. The van der Waals surface area contributed by atoms with Crippen molar-refractivity contribution in [2.45, 2.75) is 137 Å². The number of aliphatic hydroxyl groups excluding tert-OH is 1. The Morgan fingerprint density at radius 2 is 1.43 bits per heavy atom. The van der Waals surface area contributed by atoms with E-state index in [1.165, 1.54) is 11.8 Å². The van der Waals surface area contributed by atoms with Gasteiger partial charge in [-0.3, -0.25) is 19.2 Å². The summed E-state index contributed by atoms with van der Waals surface area (Å²) in [7, 11) is 0.